The molecule has 3 aromatic rings. The van der Waals surface area contributed by atoms with E-state index in [4.69, 9.17) is 16.7 Å². The molecule has 0 bridgehead atoms. The molecule has 3 rings (SSSR count). The first kappa shape index (κ1) is 13.8. The highest BCUT2D eigenvalue weighted by Crippen LogP contribution is 2.31. The van der Waals surface area contributed by atoms with Gasteiger partial charge >= 0.3 is 5.97 Å². The fourth-order valence-corrected chi connectivity index (χ4v) is 2.92. The quantitative estimate of drug-likeness (QED) is 0.790. The van der Waals surface area contributed by atoms with Crippen molar-refractivity contribution >= 4 is 28.9 Å². The summed E-state index contributed by atoms with van der Waals surface area (Å²) in [6, 6.07) is 9.28. The minimum absolute atomic E-state index is 0.0371. The molecule has 106 valence electrons. The van der Waals surface area contributed by atoms with Crippen LogP contribution in [0.3, 0.4) is 0 Å². The second-order valence-electron chi connectivity index (χ2n) is 4.18. The topological polar surface area (TPSA) is 55.1 Å². The highest BCUT2D eigenvalue weighted by molar-refractivity contribution is 7.13. The average molecular weight is 323 g/mol. The number of carboxylic acid groups (broad SMARTS) is 1. The standard InChI is InChI=1S/C14H8ClFN2O2S/c15-8-3-1-4-9(16)13(8)18-11(12-5-2-6-21-12)7-10(17-18)14(19)20/h1-7H,(H,19,20). The summed E-state index contributed by atoms with van der Waals surface area (Å²) in [5.41, 5.74) is 0.349. The Labute approximate surface area is 128 Å². The Bertz CT molecular complexity index is 794. The number of carboxylic acids is 1. The highest BCUT2D eigenvalue weighted by atomic mass is 35.5. The average Bonchev–Trinajstić information content (AvgIpc) is 3.07. The number of para-hydroxylation sites is 1. The monoisotopic (exact) mass is 322 g/mol. The van der Waals surface area contributed by atoms with Crippen LogP contribution in [0.4, 0.5) is 4.39 Å². The van der Waals surface area contributed by atoms with Crippen LogP contribution >= 0.6 is 22.9 Å². The van der Waals surface area contributed by atoms with E-state index in [1.165, 1.54) is 40.3 Å². The van der Waals surface area contributed by atoms with Crippen molar-refractivity contribution in [2.75, 3.05) is 0 Å². The molecule has 1 N–H and O–H groups in total. The Morgan fingerprint density at radius 1 is 1.33 bits per heavy atom. The van der Waals surface area contributed by atoms with E-state index in [9.17, 15) is 9.18 Å². The number of hydrogen-bond donors (Lipinski definition) is 1. The molecule has 0 atom stereocenters. The van der Waals surface area contributed by atoms with Crippen molar-refractivity contribution < 1.29 is 14.3 Å². The summed E-state index contributed by atoms with van der Waals surface area (Å²) >= 11 is 7.44. The van der Waals surface area contributed by atoms with Crippen LogP contribution in [-0.4, -0.2) is 20.9 Å². The Kier molecular flexibility index (Phi) is 3.48. The summed E-state index contributed by atoms with van der Waals surface area (Å²) in [4.78, 5) is 11.9. The van der Waals surface area contributed by atoms with Gasteiger partial charge in [0, 0.05) is 6.07 Å². The molecule has 0 saturated carbocycles. The smallest absolute Gasteiger partial charge is 0.356 e. The molecule has 0 spiro atoms. The molecule has 0 amide bonds. The Hall–Kier alpha value is -2.18. The lowest BCUT2D eigenvalue weighted by Gasteiger charge is -2.09. The van der Waals surface area contributed by atoms with E-state index in [1.54, 1.807) is 6.07 Å². The second kappa shape index (κ2) is 5.31. The highest BCUT2D eigenvalue weighted by Gasteiger charge is 2.20. The summed E-state index contributed by atoms with van der Waals surface area (Å²) in [5, 5.41) is 15.1. The molecule has 0 radical (unpaired) electrons. The maximum atomic E-state index is 14.1. The number of thiophene rings is 1. The summed E-state index contributed by atoms with van der Waals surface area (Å²) in [6.07, 6.45) is 0. The molecule has 0 aliphatic carbocycles. The normalized spacial score (nSPS) is 10.8. The van der Waals surface area contributed by atoms with Gasteiger partial charge in [-0.15, -0.1) is 11.3 Å². The molecule has 1 aromatic carbocycles. The maximum Gasteiger partial charge on any atom is 0.356 e. The van der Waals surface area contributed by atoms with Gasteiger partial charge in [0.1, 0.15) is 11.5 Å². The molecule has 0 saturated heterocycles. The van der Waals surface area contributed by atoms with E-state index in [-0.39, 0.29) is 16.4 Å². The fraction of sp³-hybridized carbons (Fsp3) is 0. The molecule has 21 heavy (non-hydrogen) atoms. The third kappa shape index (κ3) is 2.43. The largest absolute Gasteiger partial charge is 0.476 e. The Balaban J connectivity index is 2.29. The summed E-state index contributed by atoms with van der Waals surface area (Å²) in [7, 11) is 0. The van der Waals surface area contributed by atoms with Crippen molar-refractivity contribution in [3.05, 3.63) is 58.3 Å². The van der Waals surface area contributed by atoms with Crippen molar-refractivity contribution in [1.29, 1.82) is 0 Å². The molecular weight excluding hydrogens is 315 g/mol. The molecule has 0 unspecified atom stereocenters. The number of halogens is 2. The third-order valence-corrected chi connectivity index (χ3v) is 4.05. The number of benzene rings is 1. The minimum atomic E-state index is -1.18. The molecule has 2 aromatic heterocycles. The lowest BCUT2D eigenvalue weighted by atomic mass is 10.2. The molecule has 4 nitrogen and oxygen atoms in total. The fourth-order valence-electron chi connectivity index (χ4n) is 1.95. The van der Waals surface area contributed by atoms with Gasteiger partial charge < -0.3 is 5.11 Å². The van der Waals surface area contributed by atoms with E-state index in [2.05, 4.69) is 5.10 Å². The van der Waals surface area contributed by atoms with Gasteiger partial charge in [0.05, 0.1) is 15.6 Å². The number of carbonyl (C=O) groups is 1. The predicted octanol–water partition coefficient (Wildman–Crippen LogP) is 4.09. The summed E-state index contributed by atoms with van der Waals surface area (Å²) < 4.78 is 15.3. The van der Waals surface area contributed by atoms with Gasteiger partial charge in [-0.3, -0.25) is 0 Å². The van der Waals surface area contributed by atoms with Crippen molar-refractivity contribution in [2.24, 2.45) is 0 Å². The summed E-state index contributed by atoms with van der Waals surface area (Å²) in [5.74, 6) is -1.75. The Morgan fingerprint density at radius 3 is 2.76 bits per heavy atom. The van der Waals surface area contributed by atoms with Gasteiger partial charge in [-0.05, 0) is 23.6 Å². The minimum Gasteiger partial charge on any atom is -0.476 e. The van der Waals surface area contributed by atoms with Gasteiger partial charge in [0.15, 0.2) is 5.69 Å². The first-order valence-electron chi connectivity index (χ1n) is 5.89. The number of rotatable bonds is 3. The zero-order valence-corrected chi connectivity index (χ0v) is 12.0. The molecule has 0 aliphatic rings. The van der Waals surface area contributed by atoms with E-state index < -0.39 is 11.8 Å². The SMILES string of the molecule is O=C(O)c1cc(-c2cccs2)n(-c2c(F)cccc2Cl)n1. The molecule has 7 heteroatoms. The van der Waals surface area contributed by atoms with Crippen molar-refractivity contribution in [2.45, 2.75) is 0 Å². The van der Waals surface area contributed by atoms with Crippen LogP contribution < -0.4 is 0 Å². The van der Waals surface area contributed by atoms with Gasteiger partial charge in [-0.2, -0.15) is 5.10 Å². The molecular formula is C14H8ClFN2O2S. The van der Waals surface area contributed by atoms with E-state index in [1.807, 2.05) is 11.4 Å². The van der Waals surface area contributed by atoms with Crippen LogP contribution in [0.25, 0.3) is 16.3 Å². The molecule has 2 heterocycles. The van der Waals surface area contributed by atoms with E-state index >= 15 is 0 Å². The predicted molar refractivity (Wildman–Crippen MR) is 78.8 cm³/mol. The van der Waals surface area contributed by atoms with Crippen LogP contribution in [-0.2, 0) is 0 Å². The van der Waals surface area contributed by atoms with E-state index in [0.29, 0.717) is 5.69 Å². The van der Waals surface area contributed by atoms with Gasteiger partial charge in [0.2, 0.25) is 0 Å². The maximum absolute atomic E-state index is 14.1. The third-order valence-electron chi connectivity index (χ3n) is 2.85. The summed E-state index contributed by atoms with van der Waals surface area (Å²) in [6.45, 7) is 0. The first-order chi connectivity index (χ1) is 10.1. The lowest BCUT2D eigenvalue weighted by Crippen LogP contribution is -2.04. The van der Waals surface area contributed by atoms with Crippen LogP contribution in [0.1, 0.15) is 10.5 Å². The van der Waals surface area contributed by atoms with Gasteiger partial charge in [-0.25, -0.2) is 13.9 Å². The number of hydrogen-bond acceptors (Lipinski definition) is 3. The van der Waals surface area contributed by atoms with E-state index in [0.717, 1.165) is 4.88 Å². The van der Waals surface area contributed by atoms with Gasteiger partial charge in [0.25, 0.3) is 0 Å². The van der Waals surface area contributed by atoms with Gasteiger partial charge in [-0.1, -0.05) is 23.7 Å². The van der Waals surface area contributed by atoms with Crippen molar-refractivity contribution in [3.8, 4) is 16.3 Å². The van der Waals surface area contributed by atoms with Crippen LogP contribution in [0, 0.1) is 5.82 Å². The molecule has 0 fully saturated rings. The van der Waals surface area contributed by atoms with Crippen molar-refractivity contribution in [1.82, 2.24) is 9.78 Å². The second-order valence-corrected chi connectivity index (χ2v) is 5.53. The van der Waals surface area contributed by atoms with Crippen LogP contribution in [0.15, 0.2) is 41.8 Å². The number of aromatic carboxylic acids is 1. The first-order valence-corrected chi connectivity index (χ1v) is 7.15. The van der Waals surface area contributed by atoms with Crippen molar-refractivity contribution in [3.63, 3.8) is 0 Å². The lowest BCUT2D eigenvalue weighted by molar-refractivity contribution is 0.0690. The van der Waals surface area contributed by atoms with Crippen LogP contribution in [0.5, 0.6) is 0 Å². The number of aromatic nitrogens is 2. The number of nitrogens with zero attached hydrogens (tertiary/aromatic N) is 2. The zero-order valence-electron chi connectivity index (χ0n) is 10.5. The molecule has 0 aliphatic heterocycles. The zero-order chi connectivity index (χ0) is 15.0. The van der Waals surface area contributed by atoms with Crippen LogP contribution in [0.2, 0.25) is 5.02 Å². The Morgan fingerprint density at radius 2 is 2.14 bits per heavy atom.